The molecule has 9 nitrogen and oxygen atoms in total. The number of benzene rings is 3. The second-order valence-electron chi connectivity index (χ2n) is 10.1. The van der Waals surface area contributed by atoms with E-state index in [2.05, 4.69) is 63.5 Å². The van der Waals surface area contributed by atoms with Crippen molar-refractivity contribution in [1.29, 1.82) is 0 Å². The second-order valence-corrected chi connectivity index (χ2v) is 10.1. The highest BCUT2D eigenvalue weighted by molar-refractivity contribution is 5.79. The Morgan fingerprint density at radius 2 is 1.75 bits per heavy atom. The molecule has 0 fully saturated rings. The molecule has 1 aliphatic heterocycles. The van der Waals surface area contributed by atoms with E-state index in [1.165, 1.54) is 5.56 Å². The van der Waals surface area contributed by atoms with Crippen LogP contribution >= 0.6 is 0 Å². The summed E-state index contributed by atoms with van der Waals surface area (Å²) >= 11 is 0. The average molecular weight is 537 g/mol. The van der Waals surface area contributed by atoms with E-state index in [-0.39, 0.29) is 18.4 Å². The van der Waals surface area contributed by atoms with Crippen LogP contribution < -0.4 is 15.0 Å². The molecule has 5 aromatic rings. The molecule has 0 saturated heterocycles. The Bertz CT molecular complexity index is 1680. The molecule has 0 saturated carbocycles. The van der Waals surface area contributed by atoms with E-state index in [9.17, 15) is 4.79 Å². The molecule has 3 heterocycles. The third-order valence-corrected chi connectivity index (χ3v) is 7.45. The highest BCUT2D eigenvalue weighted by Gasteiger charge is 2.27. The number of hydrogen-bond donors (Lipinski definition) is 1. The Kier molecular flexibility index (Phi) is 7.29. The number of nitrogens with zero attached hydrogens (tertiary/aromatic N) is 5. The molecule has 1 N–H and O–H groups in total. The summed E-state index contributed by atoms with van der Waals surface area (Å²) in [7, 11) is 0. The second kappa shape index (κ2) is 11.3. The van der Waals surface area contributed by atoms with Crippen molar-refractivity contribution in [3.8, 4) is 11.5 Å². The number of ether oxygens (including phenoxy) is 2. The first-order valence-electron chi connectivity index (χ1n) is 13.7. The van der Waals surface area contributed by atoms with Gasteiger partial charge in [-0.3, -0.25) is 9.69 Å². The fourth-order valence-electron chi connectivity index (χ4n) is 5.33. The van der Waals surface area contributed by atoms with E-state index in [4.69, 9.17) is 9.47 Å². The Hall–Kier alpha value is -4.50. The zero-order valence-electron chi connectivity index (χ0n) is 22.7. The van der Waals surface area contributed by atoms with Gasteiger partial charge in [0.2, 0.25) is 6.79 Å². The lowest BCUT2D eigenvalue weighted by atomic mass is 10.1. The number of hydrogen-bond acceptors (Lipinski definition) is 7. The summed E-state index contributed by atoms with van der Waals surface area (Å²) < 4.78 is 13.0. The minimum Gasteiger partial charge on any atom is -0.454 e. The molecule has 3 aromatic carbocycles. The van der Waals surface area contributed by atoms with Gasteiger partial charge in [-0.2, -0.15) is 0 Å². The van der Waals surface area contributed by atoms with Crippen LogP contribution in [0, 0.1) is 0 Å². The number of fused-ring (bicyclic) bond motifs is 2. The molecule has 0 spiro atoms. The van der Waals surface area contributed by atoms with E-state index < -0.39 is 0 Å². The molecule has 0 unspecified atom stereocenters. The minimum absolute atomic E-state index is 0.0915. The zero-order chi connectivity index (χ0) is 27.5. The highest BCUT2D eigenvalue weighted by Crippen LogP contribution is 2.34. The van der Waals surface area contributed by atoms with Crippen LogP contribution in [0.25, 0.3) is 10.9 Å². The summed E-state index contributed by atoms with van der Waals surface area (Å²) in [6, 6.07) is 24.2. The summed E-state index contributed by atoms with van der Waals surface area (Å²) in [4.78, 5) is 18.6. The van der Waals surface area contributed by atoms with Crippen molar-refractivity contribution >= 4 is 10.9 Å². The third kappa shape index (κ3) is 5.33. The standard InChI is InChI=1S/C31H32N6O3/c1-3-21-10-12-26-24(14-21)16-25(31(38)32-26)19-36(17-23-11-13-28-29(15-23)40-20-39-28)27(4-2)30-33-34-35-37(30)18-22-8-6-5-7-9-22/h5-16,27H,3-4,17-20H2,1-2H3,(H,32,38)/t27-/m1/s1. The molecule has 2 aromatic heterocycles. The Balaban J connectivity index is 1.38. The van der Waals surface area contributed by atoms with E-state index >= 15 is 0 Å². The van der Waals surface area contributed by atoms with Gasteiger partial charge < -0.3 is 14.5 Å². The Labute approximate surface area is 232 Å². The quantitative estimate of drug-likeness (QED) is 0.268. The maximum Gasteiger partial charge on any atom is 0.252 e. The first-order chi connectivity index (χ1) is 19.6. The number of tetrazole rings is 1. The van der Waals surface area contributed by atoms with Gasteiger partial charge in [0.25, 0.3) is 5.56 Å². The fraction of sp³-hybridized carbons (Fsp3) is 0.290. The summed E-state index contributed by atoms with van der Waals surface area (Å²) in [5, 5.41) is 13.9. The molecule has 0 radical (unpaired) electrons. The number of rotatable bonds is 10. The molecular weight excluding hydrogens is 504 g/mol. The maximum absolute atomic E-state index is 13.3. The SMILES string of the molecule is CCc1ccc2[nH]c(=O)c(CN(Cc3ccc4c(c3)OCO4)[C@H](CC)c3nnnn3Cc3ccccc3)cc2c1. The van der Waals surface area contributed by atoms with Crippen LogP contribution in [-0.4, -0.2) is 36.9 Å². The fourth-order valence-corrected chi connectivity index (χ4v) is 5.33. The number of aryl methyl sites for hydroxylation is 1. The largest absolute Gasteiger partial charge is 0.454 e. The van der Waals surface area contributed by atoms with Crippen LogP contribution in [0.3, 0.4) is 0 Å². The first-order valence-corrected chi connectivity index (χ1v) is 13.7. The van der Waals surface area contributed by atoms with E-state index in [0.29, 0.717) is 25.2 Å². The van der Waals surface area contributed by atoms with Crippen LogP contribution in [0.5, 0.6) is 11.5 Å². The molecule has 204 valence electrons. The molecule has 1 aliphatic rings. The number of nitrogens with one attached hydrogen (secondary N) is 1. The summed E-state index contributed by atoms with van der Waals surface area (Å²) in [6.07, 6.45) is 1.69. The van der Waals surface area contributed by atoms with Crippen molar-refractivity contribution in [2.45, 2.75) is 52.4 Å². The predicted octanol–water partition coefficient (Wildman–Crippen LogP) is 5.01. The van der Waals surface area contributed by atoms with E-state index in [1.807, 2.05) is 53.2 Å². The van der Waals surface area contributed by atoms with Gasteiger partial charge in [-0.1, -0.05) is 56.3 Å². The topological polar surface area (TPSA) is 98.2 Å². The van der Waals surface area contributed by atoms with Crippen molar-refractivity contribution in [1.82, 2.24) is 30.1 Å². The van der Waals surface area contributed by atoms with Gasteiger partial charge in [0, 0.05) is 24.2 Å². The Morgan fingerprint density at radius 3 is 2.58 bits per heavy atom. The van der Waals surface area contributed by atoms with Crippen molar-refractivity contribution < 1.29 is 9.47 Å². The highest BCUT2D eigenvalue weighted by atomic mass is 16.7. The molecular formula is C31H32N6O3. The summed E-state index contributed by atoms with van der Waals surface area (Å²) in [5.41, 5.74) is 4.84. The predicted molar refractivity (Wildman–Crippen MR) is 152 cm³/mol. The third-order valence-electron chi connectivity index (χ3n) is 7.45. The summed E-state index contributed by atoms with van der Waals surface area (Å²) in [6.45, 7) is 6.03. The monoisotopic (exact) mass is 536 g/mol. The molecule has 1 atom stereocenters. The van der Waals surface area contributed by atoms with Gasteiger partial charge in [-0.05, 0) is 75.7 Å². The van der Waals surface area contributed by atoms with Crippen molar-refractivity contribution in [2.24, 2.45) is 0 Å². The first kappa shape index (κ1) is 25.8. The van der Waals surface area contributed by atoms with E-state index in [0.717, 1.165) is 52.2 Å². The lowest BCUT2D eigenvalue weighted by Crippen LogP contribution is -2.32. The van der Waals surface area contributed by atoms with Gasteiger partial charge in [0.15, 0.2) is 17.3 Å². The van der Waals surface area contributed by atoms with Crippen molar-refractivity contribution in [3.05, 3.63) is 111 Å². The molecule has 6 rings (SSSR count). The van der Waals surface area contributed by atoms with Crippen LogP contribution in [0.1, 0.15) is 54.4 Å². The van der Waals surface area contributed by atoms with Gasteiger partial charge >= 0.3 is 0 Å². The zero-order valence-corrected chi connectivity index (χ0v) is 22.7. The normalized spacial score (nSPS) is 13.3. The molecule has 0 bridgehead atoms. The van der Waals surface area contributed by atoms with Crippen molar-refractivity contribution in [3.63, 3.8) is 0 Å². The van der Waals surface area contributed by atoms with Gasteiger partial charge in [0.05, 0.1) is 12.6 Å². The van der Waals surface area contributed by atoms with E-state index in [1.54, 1.807) is 0 Å². The van der Waals surface area contributed by atoms with Gasteiger partial charge in [0.1, 0.15) is 0 Å². The van der Waals surface area contributed by atoms with Crippen LogP contribution in [0.2, 0.25) is 0 Å². The van der Waals surface area contributed by atoms with Gasteiger partial charge in [-0.25, -0.2) is 4.68 Å². The smallest absolute Gasteiger partial charge is 0.252 e. The molecule has 0 aliphatic carbocycles. The number of aromatic amines is 1. The molecule has 40 heavy (non-hydrogen) atoms. The maximum atomic E-state index is 13.3. The molecule has 9 heteroatoms. The average Bonchev–Trinajstić information content (AvgIpc) is 3.63. The Morgan fingerprint density at radius 1 is 0.925 bits per heavy atom. The number of H-pyrrole nitrogens is 1. The number of pyridine rings is 1. The number of aromatic nitrogens is 5. The summed E-state index contributed by atoms with van der Waals surface area (Å²) in [5.74, 6) is 2.24. The molecule has 0 amide bonds. The lowest BCUT2D eigenvalue weighted by Gasteiger charge is -2.30. The minimum atomic E-state index is -0.138. The lowest BCUT2D eigenvalue weighted by molar-refractivity contribution is 0.161. The van der Waals surface area contributed by atoms with Crippen molar-refractivity contribution in [2.75, 3.05) is 6.79 Å². The van der Waals surface area contributed by atoms with Gasteiger partial charge in [-0.15, -0.1) is 5.10 Å². The van der Waals surface area contributed by atoms with Crippen LogP contribution in [-0.2, 0) is 26.1 Å². The van der Waals surface area contributed by atoms with Crippen LogP contribution in [0.4, 0.5) is 0 Å². The van der Waals surface area contributed by atoms with Crippen LogP contribution in [0.15, 0.2) is 77.6 Å².